The van der Waals surface area contributed by atoms with Crippen LogP contribution in [0.2, 0.25) is 0 Å². The van der Waals surface area contributed by atoms with E-state index >= 15 is 0 Å². The van der Waals surface area contributed by atoms with Crippen molar-refractivity contribution in [1.82, 2.24) is 0 Å². The summed E-state index contributed by atoms with van der Waals surface area (Å²) in [6.45, 7) is 0. The van der Waals surface area contributed by atoms with E-state index in [-0.39, 0.29) is 16.9 Å². The number of para-hydroxylation sites is 1. The van der Waals surface area contributed by atoms with E-state index < -0.39 is 11.9 Å². The maximum absolute atomic E-state index is 11.3. The second kappa shape index (κ2) is 6.88. The van der Waals surface area contributed by atoms with E-state index in [0.717, 1.165) is 11.1 Å². The number of rotatable bonds is 5. The Morgan fingerprint density at radius 3 is 2.04 bits per heavy atom. The van der Waals surface area contributed by atoms with Crippen LogP contribution in [0, 0.1) is 0 Å². The molecule has 3 aromatic rings. The van der Waals surface area contributed by atoms with E-state index in [1.165, 1.54) is 18.2 Å². The third kappa shape index (κ3) is 3.50. The number of hydrogen-bond donors (Lipinski definition) is 2. The third-order valence-electron chi connectivity index (χ3n) is 3.65. The van der Waals surface area contributed by atoms with Gasteiger partial charge in [-0.3, -0.25) is 0 Å². The average Bonchev–Trinajstić information content (AvgIpc) is 2.62. The summed E-state index contributed by atoms with van der Waals surface area (Å²) in [5.41, 5.74) is 1.21. The van der Waals surface area contributed by atoms with Crippen molar-refractivity contribution < 1.29 is 24.5 Å². The van der Waals surface area contributed by atoms with Gasteiger partial charge >= 0.3 is 11.9 Å². The summed E-state index contributed by atoms with van der Waals surface area (Å²) >= 11 is 0. The SMILES string of the molecule is O=C(O)c1ccc(Oc2ccccc2-c2ccccc2)cc1C(=O)O. The summed E-state index contributed by atoms with van der Waals surface area (Å²) in [6, 6.07) is 20.9. The molecule has 0 aliphatic rings. The van der Waals surface area contributed by atoms with Gasteiger partial charge in [0.1, 0.15) is 11.5 Å². The number of hydrogen-bond acceptors (Lipinski definition) is 3. The molecule has 124 valence electrons. The lowest BCUT2D eigenvalue weighted by Crippen LogP contribution is -2.08. The Morgan fingerprint density at radius 2 is 1.36 bits per heavy atom. The highest BCUT2D eigenvalue weighted by atomic mass is 16.5. The predicted octanol–water partition coefficient (Wildman–Crippen LogP) is 4.54. The van der Waals surface area contributed by atoms with Gasteiger partial charge in [-0.05, 0) is 29.8 Å². The molecule has 0 aliphatic heterocycles. The van der Waals surface area contributed by atoms with Crippen LogP contribution in [-0.4, -0.2) is 22.2 Å². The van der Waals surface area contributed by atoms with Crippen LogP contribution in [0.25, 0.3) is 11.1 Å². The van der Waals surface area contributed by atoms with Crippen molar-refractivity contribution in [1.29, 1.82) is 0 Å². The van der Waals surface area contributed by atoms with E-state index in [4.69, 9.17) is 9.84 Å². The molecule has 0 amide bonds. The highest BCUT2D eigenvalue weighted by Crippen LogP contribution is 2.33. The van der Waals surface area contributed by atoms with Gasteiger partial charge in [0, 0.05) is 5.56 Å². The fourth-order valence-corrected chi connectivity index (χ4v) is 2.49. The van der Waals surface area contributed by atoms with Gasteiger partial charge in [0.2, 0.25) is 0 Å². The zero-order valence-electron chi connectivity index (χ0n) is 13.0. The van der Waals surface area contributed by atoms with Gasteiger partial charge in [-0.1, -0.05) is 48.5 Å². The Bertz CT molecular complexity index is 932. The van der Waals surface area contributed by atoms with Crippen molar-refractivity contribution in [2.75, 3.05) is 0 Å². The van der Waals surface area contributed by atoms with Gasteiger partial charge < -0.3 is 14.9 Å². The molecule has 0 saturated carbocycles. The van der Waals surface area contributed by atoms with Crippen LogP contribution in [0.4, 0.5) is 0 Å². The molecule has 5 heteroatoms. The van der Waals surface area contributed by atoms with Gasteiger partial charge in [-0.25, -0.2) is 9.59 Å². The summed E-state index contributed by atoms with van der Waals surface area (Å²) < 4.78 is 5.83. The predicted molar refractivity (Wildman–Crippen MR) is 92.3 cm³/mol. The van der Waals surface area contributed by atoms with Crippen LogP contribution in [0.3, 0.4) is 0 Å². The lowest BCUT2D eigenvalue weighted by atomic mass is 10.0. The number of benzene rings is 3. The van der Waals surface area contributed by atoms with Crippen LogP contribution in [0.5, 0.6) is 11.5 Å². The van der Waals surface area contributed by atoms with Crippen molar-refractivity contribution >= 4 is 11.9 Å². The van der Waals surface area contributed by atoms with E-state index in [9.17, 15) is 14.7 Å². The Kier molecular flexibility index (Phi) is 4.48. The molecule has 0 heterocycles. The monoisotopic (exact) mass is 334 g/mol. The van der Waals surface area contributed by atoms with Gasteiger partial charge in [-0.2, -0.15) is 0 Å². The first-order valence-electron chi connectivity index (χ1n) is 7.49. The Morgan fingerprint density at radius 1 is 0.720 bits per heavy atom. The van der Waals surface area contributed by atoms with E-state index in [0.29, 0.717) is 5.75 Å². The Balaban J connectivity index is 2.00. The molecule has 5 nitrogen and oxygen atoms in total. The second-order valence-corrected chi connectivity index (χ2v) is 5.28. The van der Waals surface area contributed by atoms with E-state index in [1.54, 1.807) is 6.07 Å². The molecule has 0 unspecified atom stereocenters. The minimum atomic E-state index is -1.32. The first-order chi connectivity index (χ1) is 12.1. The maximum atomic E-state index is 11.3. The summed E-state index contributed by atoms with van der Waals surface area (Å²) in [4.78, 5) is 22.4. The number of carbonyl (C=O) groups is 2. The molecule has 0 atom stereocenters. The minimum absolute atomic E-state index is 0.255. The van der Waals surface area contributed by atoms with Gasteiger partial charge in [0.05, 0.1) is 11.1 Å². The molecule has 3 rings (SSSR count). The van der Waals surface area contributed by atoms with Gasteiger partial charge in [0.15, 0.2) is 0 Å². The highest BCUT2D eigenvalue weighted by Gasteiger charge is 2.17. The molecular weight excluding hydrogens is 320 g/mol. The van der Waals surface area contributed by atoms with Crippen LogP contribution in [-0.2, 0) is 0 Å². The molecular formula is C20H14O5. The van der Waals surface area contributed by atoms with Crippen LogP contribution in [0.15, 0.2) is 72.8 Å². The van der Waals surface area contributed by atoms with Gasteiger partial charge in [0.25, 0.3) is 0 Å². The van der Waals surface area contributed by atoms with Crippen LogP contribution < -0.4 is 4.74 Å². The molecule has 0 saturated heterocycles. The molecule has 0 fully saturated rings. The average molecular weight is 334 g/mol. The lowest BCUT2D eigenvalue weighted by Gasteiger charge is -2.12. The summed E-state index contributed by atoms with van der Waals surface area (Å²) in [6.07, 6.45) is 0. The second-order valence-electron chi connectivity index (χ2n) is 5.28. The molecule has 0 bridgehead atoms. The van der Waals surface area contributed by atoms with Crippen molar-refractivity contribution in [3.63, 3.8) is 0 Å². The fraction of sp³-hybridized carbons (Fsp3) is 0. The molecule has 0 aromatic heterocycles. The first kappa shape index (κ1) is 16.3. The van der Waals surface area contributed by atoms with E-state index in [1.807, 2.05) is 48.5 Å². The largest absolute Gasteiger partial charge is 0.478 e. The highest BCUT2D eigenvalue weighted by molar-refractivity contribution is 6.02. The molecule has 3 aromatic carbocycles. The first-order valence-corrected chi connectivity index (χ1v) is 7.49. The van der Waals surface area contributed by atoms with Crippen molar-refractivity contribution in [3.8, 4) is 22.6 Å². The lowest BCUT2D eigenvalue weighted by molar-refractivity contribution is 0.0651. The van der Waals surface area contributed by atoms with Gasteiger partial charge in [-0.15, -0.1) is 0 Å². The fourth-order valence-electron chi connectivity index (χ4n) is 2.49. The van der Waals surface area contributed by atoms with Crippen molar-refractivity contribution in [3.05, 3.63) is 83.9 Å². The van der Waals surface area contributed by atoms with Crippen molar-refractivity contribution in [2.45, 2.75) is 0 Å². The molecule has 2 N–H and O–H groups in total. The van der Waals surface area contributed by atoms with Crippen LogP contribution in [0.1, 0.15) is 20.7 Å². The summed E-state index contributed by atoms with van der Waals surface area (Å²) in [5, 5.41) is 18.3. The molecule has 25 heavy (non-hydrogen) atoms. The third-order valence-corrected chi connectivity index (χ3v) is 3.65. The topological polar surface area (TPSA) is 83.8 Å². The maximum Gasteiger partial charge on any atom is 0.336 e. The smallest absolute Gasteiger partial charge is 0.336 e. The normalized spacial score (nSPS) is 10.2. The summed E-state index contributed by atoms with van der Waals surface area (Å²) in [5.74, 6) is -1.81. The molecule has 0 aliphatic carbocycles. The van der Waals surface area contributed by atoms with E-state index in [2.05, 4.69) is 0 Å². The number of carboxylic acids is 2. The quantitative estimate of drug-likeness (QED) is 0.715. The molecule has 0 spiro atoms. The summed E-state index contributed by atoms with van der Waals surface area (Å²) in [7, 11) is 0. The Hall–Kier alpha value is -3.60. The minimum Gasteiger partial charge on any atom is -0.478 e. The molecule has 0 radical (unpaired) electrons. The Labute approximate surface area is 143 Å². The zero-order chi connectivity index (χ0) is 17.8. The van der Waals surface area contributed by atoms with Crippen LogP contribution >= 0.6 is 0 Å². The van der Waals surface area contributed by atoms with Crippen molar-refractivity contribution in [2.24, 2.45) is 0 Å². The standard InChI is InChI=1S/C20H14O5/c21-19(22)16-11-10-14(12-17(16)20(23)24)25-18-9-5-4-8-15(18)13-6-2-1-3-7-13/h1-12H,(H,21,22)(H,23,24). The number of aromatic carboxylic acids is 2. The number of ether oxygens (including phenoxy) is 1. The number of carboxylic acid groups (broad SMARTS) is 2. The zero-order valence-corrected chi connectivity index (χ0v) is 13.0.